The molecule has 1 aliphatic rings. The maximum atomic E-state index is 14.0. The normalized spacial score (nSPS) is 13.5. The topological polar surface area (TPSA) is 75.4 Å². The highest BCUT2D eigenvalue weighted by molar-refractivity contribution is 5.99. The largest absolute Gasteiger partial charge is 0.367 e. The molecule has 0 aliphatic carbocycles. The molecule has 5 nitrogen and oxygen atoms in total. The molecule has 0 radical (unpaired) electrons. The Balaban J connectivity index is 1.29. The maximum absolute atomic E-state index is 14.0. The van der Waals surface area contributed by atoms with Gasteiger partial charge in [-0.2, -0.15) is 0 Å². The second-order valence-electron chi connectivity index (χ2n) is 10.2. The molecule has 5 rings (SSSR count). The predicted molar refractivity (Wildman–Crippen MR) is 153 cm³/mol. The first-order chi connectivity index (χ1) is 18.8. The van der Waals surface area contributed by atoms with Crippen LogP contribution in [0.5, 0.6) is 0 Å². The summed E-state index contributed by atoms with van der Waals surface area (Å²) in [5, 5.41) is 3.00. The molecular weight excluding hydrogens is 489 g/mol. The Morgan fingerprint density at radius 1 is 1.00 bits per heavy atom. The highest BCUT2D eigenvalue weighted by Crippen LogP contribution is 2.31. The van der Waals surface area contributed by atoms with Gasteiger partial charge in [-0.1, -0.05) is 54.6 Å². The van der Waals surface area contributed by atoms with E-state index >= 15 is 0 Å². The van der Waals surface area contributed by atoms with Gasteiger partial charge in [-0.25, -0.2) is 4.39 Å². The van der Waals surface area contributed by atoms with Gasteiger partial charge in [-0.15, -0.1) is 0 Å². The first-order valence-electron chi connectivity index (χ1n) is 13.2. The molecule has 0 fully saturated rings. The highest BCUT2D eigenvalue weighted by atomic mass is 19.1. The lowest BCUT2D eigenvalue weighted by molar-refractivity contribution is 0.0938. The van der Waals surface area contributed by atoms with Gasteiger partial charge in [0.1, 0.15) is 5.82 Å². The van der Waals surface area contributed by atoms with Gasteiger partial charge in [0.25, 0.3) is 5.91 Å². The summed E-state index contributed by atoms with van der Waals surface area (Å²) in [7, 11) is 0. The molecule has 1 heterocycles. The van der Waals surface area contributed by atoms with Gasteiger partial charge in [-0.3, -0.25) is 9.59 Å². The van der Waals surface area contributed by atoms with E-state index in [1.165, 1.54) is 6.07 Å². The fraction of sp³-hybridized carbons (Fsp3) is 0.212. The number of nitrogens with one attached hydrogen (secondary N) is 1. The van der Waals surface area contributed by atoms with Crippen molar-refractivity contribution in [3.8, 4) is 11.1 Å². The molecule has 0 aromatic heterocycles. The summed E-state index contributed by atoms with van der Waals surface area (Å²) in [6, 6.07) is 26.2. The molecule has 1 atom stereocenters. The number of hydrogen-bond donors (Lipinski definition) is 2. The number of fused-ring (bicyclic) bond motifs is 1. The molecule has 39 heavy (non-hydrogen) atoms. The molecule has 3 N–H and O–H groups in total. The van der Waals surface area contributed by atoms with Crippen LogP contribution in [0.2, 0.25) is 0 Å². The second kappa shape index (κ2) is 11.1. The Hall–Kier alpha value is -4.45. The first kappa shape index (κ1) is 26.2. The van der Waals surface area contributed by atoms with E-state index in [0.717, 1.165) is 59.4 Å². The van der Waals surface area contributed by atoms with E-state index in [0.29, 0.717) is 16.7 Å². The Labute approximate surface area is 228 Å². The van der Waals surface area contributed by atoms with Crippen molar-refractivity contribution in [3.63, 3.8) is 0 Å². The summed E-state index contributed by atoms with van der Waals surface area (Å²) < 4.78 is 14.0. The number of anilines is 1. The molecule has 1 unspecified atom stereocenters. The lowest BCUT2D eigenvalue weighted by Crippen LogP contribution is -2.30. The van der Waals surface area contributed by atoms with Gasteiger partial charge in [0.2, 0.25) is 5.91 Å². The zero-order chi connectivity index (χ0) is 27.5. The number of rotatable bonds is 7. The van der Waals surface area contributed by atoms with Gasteiger partial charge < -0.3 is 16.0 Å². The SMILES string of the molecule is Cc1ccc(C(C)NC(=O)c2ccc3c(c2)CCCN3Cc2ccc(-c3ccccc3C(N)=O)cc2)cc1F. The molecule has 1 aliphatic heterocycles. The van der Waals surface area contributed by atoms with Crippen LogP contribution in [0.15, 0.2) is 84.9 Å². The summed E-state index contributed by atoms with van der Waals surface area (Å²) >= 11 is 0. The molecule has 2 amide bonds. The van der Waals surface area contributed by atoms with Crippen LogP contribution in [-0.2, 0) is 13.0 Å². The zero-order valence-corrected chi connectivity index (χ0v) is 22.2. The van der Waals surface area contributed by atoms with E-state index in [1.54, 1.807) is 19.1 Å². The number of carbonyl (C=O) groups excluding carboxylic acids is 2. The van der Waals surface area contributed by atoms with Crippen molar-refractivity contribution >= 4 is 17.5 Å². The number of nitrogens with two attached hydrogens (primary N) is 1. The third-order valence-electron chi connectivity index (χ3n) is 7.43. The third-order valence-corrected chi connectivity index (χ3v) is 7.43. The number of benzene rings is 4. The predicted octanol–water partition coefficient (Wildman–Crippen LogP) is 6.34. The molecule has 4 aromatic carbocycles. The molecule has 6 heteroatoms. The molecule has 0 saturated heterocycles. The van der Waals surface area contributed by atoms with Crippen LogP contribution in [0, 0.1) is 12.7 Å². The summed E-state index contributed by atoms with van der Waals surface area (Å²) in [6.45, 7) is 5.26. The van der Waals surface area contributed by atoms with E-state index < -0.39 is 5.91 Å². The monoisotopic (exact) mass is 521 g/mol. The lowest BCUT2D eigenvalue weighted by Gasteiger charge is -2.32. The molecule has 0 spiro atoms. The van der Waals surface area contributed by atoms with Crippen LogP contribution >= 0.6 is 0 Å². The minimum absolute atomic E-state index is 0.171. The van der Waals surface area contributed by atoms with Crippen molar-refractivity contribution < 1.29 is 14.0 Å². The zero-order valence-electron chi connectivity index (χ0n) is 22.2. The number of hydrogen-bond acceptors (Lipinski definition) is 3. The van der Waals surface area contributed by atoms with Gasteiger partial charge in [0, 0.05) is 29.9 Å². The summed E-state index contributed by atoms with van der Waals surface area (Å²) in [5.74, 6) is -0.881. The van der Waals surface area contributed by atoms with E-state index in [9.17, 15) is 14.0 Å². The highest BCUT2D eigenvalue weighted by Gasteiger charge is 2.20. The number of halogens is 1. The Kier molecular flexibility index (Phi) is 7.46. The number of carbonyl (C=O) groups is 2. The molecule has 4 aromatic rings. The Morgan fingerprint density at radius 2 is 1.77 bits per heavy atom. The molecule has 198 valence electrons. The van der Waals surface area contributed by atoms with Crippen LogP contribution < -0.4 is 16.0 Å². The number of primary amides is 1. The molecular formula is C33H32FN3O2. The van der Waals surface area contributed by atoms with Crippen LogP contribution in [0.25, 0.3) is 11.1 Å². The van der Waals surface area contributed by atoms with Crippen molar-refractivity contribution in [1.82, 2.24) is 5.32 Å². The van der Waals surface area contributed by atoms with E-state index in [4.69, 9.17) is 5.73 Å². The van der Waals surface area contributed by atoms with Crippen molar-refractivity contribution in [3.05, 3.63) is 124 Å². The average molecular weight is 522 g/mol. The van der Waals surface area contributed by atoms with Crippen molar-refractivity contribution in [2.24, 2.45) is 5.73 Å². The summed E-state index contributed by atoms with van der Waals surface area (Å²) in [5.41, 5.74) is 13.2. The second-order valence-corrected chi connectivity index (χ2v) is 10.2. The lowest BCUT2D eigenvalue weighted by atomic mass is 9.96. The number of aryl methyl sites for hydroxylation is 2. The van der Waals surface area contributed by atoms with Crippen LogP contribution in [0.3, 0.4) is 0 Å². The third kappa shape index (κ3) is 5.70. The fourth-order valence-electron chi connectivity index (χ4n) is 5.18. The van der Waals surface area contributed by atoms with Gasteiger partial charge in [0.05, 0.1) is 6.04 Å². The Bertz CT molecular complexity index is 1530. The minimum Gasteiger partial charge on any atom is -0.367 e. The maximum Gasteiger partial charge on any atom is 0.251 e. The Morgan fingerprint density at radius 3 is 2.51 bits per heavy atom. The number of amides is 2. The quantitative estimate of drug-likeness (QED) is 0.298. The van der Waals surface area contributed by atoms with Crippen molar-refractivity contribution in [1.29, 1.82) is 0 Å². The first-order valence-corrected chi connectivity index (χ1v) is 13.2. The standard InChI is InChI=1S/C33H32FN3O2/c1-21-9-12-25(19-30(21)34)22(2)36-33(39)27-15-16-31-26(18-27)6-5-17-37(31)20-23-10-13-24(14-11-23)28-7-3-4-8-29(28)32(35)38/h3-4,7-16,18-19,22H,5-6,17,20H2,1-2H3,(H2,35,38)(H,36,39). The van der Waals surface area contributed by atoms with Gasteiger partial charge >= 0.3 is 0 Å². The van der Waals surface area contributed by atoms with E-state index in [-0.39, 0.29) is 17.8 Å². The van der Waals surface area contributed by atoms with E-state index in [2.05, 4.69) is 22.3 Å². The smallest absolute Gasteiger partial charge is 0.251 e. The minimum atomic E-state index is -0.439. The fourth-order valence-corrected chi connectivity index (χ4v) is 5.18. The van der Waals surface area contributed by atoms with Gasteiger partial charge in [-0.05, 0) is 90.4 Å². The van der Waals surface area contributed by atoms with Crippen LogP contribution in [0.4, 0.5) is 10.1 Å². The van der Waals surface area contributed by atoms with E-state index in [1.807, 2.05) is 61.5 Å². The number of nitrogens with zero attached hydrogens (tertiary/aromatic N) is 1. The average Bonchev–Trinajstić information content (AvgIpc) is 2.94. The van der Waals surface area contributed by atoms with Crippen LogP contribution in [-0.4, -0.2) is 18.4 Å². The van der Waals surface area contributed by atoms with Gasteiger partial charge in [0.15, 0.2) is 0 Å². The summed E-state index contributed by atoms with van der Waals surface area (Å²) in [6.07, 6.45) is 1.91. The van der Waals surface area contributed by atoms with Crippen molar-refractivity contribution in [2.45, 2.75) is 39.3 Å². The molecule has 0 bridgehead atoms. The van der Waals surface area contributed by atoms with Crippen molar-refractivity contribution in [2.75, 3.05) is 11.4 Å². The summed E-state index contributed by atoms with van der Waals surface area (Å²) in [4.78, 5) is 27.2. The molecule has 0 saturated carbocycles. The van der Waals surface area contributed by atoms with Crippen LogP contribution in [0.1, 0.15) is 62.4 Å².